The fraction of sp³-hybridized carbons (Fsp3) is 1.00. The lowest BCUT2D eigenvalue weighted by Gasteiger charge is -2.30. The van der Waals surface area contributed by atoms with Crippen LogP contribution in [0, 0.1) is 0 Å². The zero-order valence-electron chi connectivity index (χ0n) is 19.8. The quantitative estimate of drug-likeness (QED) is 0.152. The molecule has 1 N–H and O–H groups in total. The number of halogens is 1. The minimum atomic E-state index is 0.156. The van der Waals surface area contributed by atoms with Gasteiger partial charge in [-0.25, -0.2) is 5.03 Å². The molecule has 0 aliphatic rings. The van der Waals surface area contributed by atoms with E-state index in [1.807, 2.05) is 21.1 Å². The highest BCUT2D eigenvalue weighted by atomic mass is 19.2. The minimum Gasteiger partial charge on any atom is -0.403 e. The zero-order chi connectivity index (χ0) is 23.6. The third kappa shape index (κ3) is 20.3. The maximum atomic E-state index is 12.9. The summed E-state index contributed by atoms with van der Waals surface area (Å²) >= 11 is 0. The topological polar surface area (TPSA) is 34.7 Å². The molecule has 10 radical (unpaired) electrons. The van der Waals surface area contributed by atoms with Gasteiger partial charge in [-0.3, -0.25) is 9.80 Å². The first kappa shape index (κ1) is 30.9. The van der Waals surface area contributed by atoms with Gasteiger partial charge in [-0.1, -0.05) is 0 Å². The van der Waals surface area contributed by atoms with E-state index in [1.165, 1.54) is 4.72 Å². The molecule has 0 aliphatic heterocycles. The maximum Gasteiger partial charge on any atom is 0.231 e. The molecule has 14 heteroatoms. The largest absolute Gasteiger partial charge is 0.403 e. The molecule has 0 spiro atoms. The standard InChI is InChI=1S/C17H38B5FN8/c1-24-4-5-28(18)13-8-27(11-16-30(20)21)10-15-29(19)14-9-26(7-6-25(2)3)12-17-31(22)23/h24H,4-17H2,1-3H3. The summed E-state index contributed by atoms with van der Waals surface area (Å²) in [5, 5.41) is 3.30. The number of hydrogen-bond donors (Lipinski definition) is 1. The highest BCUT2D eigenvalue weighted by Crippen LogP contribution is 1.96. The molecule has 0 saturated carbocycles. The van der Waals surface area contributed by atoms with E-state index in [4.69, 9.17) is 39.9 Å². The van der Waals surface area contributed by atoms with Crippen molar-refractivity contribution in [1.82, 2.24) is 39.4 Å². The molecule has 0 unspecified atom stereocenters. The third-order valence-electron chi connectivity index (χ3n) is 4.93. The van der Waals surface area contributed by atoms with E-state index in [0.717, 1.165) is 58.9 Å². The molecule has 0 bridgehead atoms. The summed E-state index contributed by atoms with van der Waals surface area (Å²) in [6.07, 6.45) is 0. The van der Waals surface area contributed by atoms with Crippen LogP contribution in [0.4, 0.5) is 4.48 Å². The van der Waals surface area contributed by atoms with Gasteiger partial charge < -0.3 is 24.6 Å². The molecule has 0 aromatic rings. The molecule has 0 aromatic heterocycles. The summed E-state index contributed by atoms with van der Waals surface area (Å²) in [6, 6.07) is 0. The van der Waals surface area contributed by atoms with Gasteiger partial charge in [0.25, 0.3) is 0 Å². The lowest BCUT2D eigenvalue weighted by Crippen LogP contribution is -2.44. The first-order valence-corrected chi connectivity index (χ1v) is 10.8. The molecule has 0 atom stereocenters. The van der Waals surface area contributed by atoms with E-state index in [9.17, 15) is 4.48 Å². The molecule has 0 fully saturated rings. The molecule has 0 aliphatic carbocycles. The molecule has 168 valence electrons. The average molecular weight is 428 g/mol. The molecule has 0 saturated heterocycles. The van der Waals surface area contributed by atoms with Crippen molar-refractivity contribution in [2.45, 2.75) is 0 Å². The van der Waals surface area contributed by atoms with E-state index in [0.29, 0.717) is 26.2 Å². The normalized spacial score (nSPS) is 12.6. The fourth-order valence-electron chi connectivity index (χ4n) is 2.79. The van der Waals surface area contributed by atoms with Gasteiger partial charge in [0.2, 0.25) is 7.98 Å². The number of rotatable bonds is 21. The Morgan fingerprint density at radius 2 is 1.00 bits per heavy atom. The Labute approximate surface area is 196 Å². The molecule has 8 nitrogen and oxygen atoms in total. The second-order valence-corrected chi connectivity index (χ2v) is 8.02. The molecule has 0 heterocycles. The fourth-order valence-corrected chi connectivity index (χ4v) is 2.79. The molecule has 0 aromatic carbocycles. The predicted octanol–water partition coefficient (Wildman–Crippen LogP) is -3.12. The minimum absolute atomic E-state index is 0.156. The van der Waals surface area contributed by atoms with E-state index < -0.39 is 0 Å². The van der Waals surface area contributed by atoms with Crippen LogP contribution in [0.25, 0.3) is 0 Å². The van der Waals surface area contributed by atoms with Gasteiger partial charge >= 0.3 is 0 Å². The van der Waals surface area contributed by atoms with Crippen molar-refractivity contribution in [1.29, 1.82) is 0 Å². The Bertz CT molecular complexity index is 403. The summed E-state index contributed by atoms with van der Waals surface area (Å²) in [7, 11) is 34.4. The van der Waals surface area contributed by atoms with Gasteiger partial charge in [-0.2, -0.15) is 0 Å². The van der Waals surface area contributed by atoms with Crippen LogP contribution in [-0.4, -0.2) is 187 Å². The Kier molecular flexibility index (Phi) is 19.4. The summed E-state index contributed by atoms with van der Waals surface area (Å²) in [5.74, 6) is 0. The van der Waals surface area contributed by atoms with E-state index in [-0.39, 0.29) is 11.6 Å². The van der Waals surface area contributed by atoms with E-state index in [1.54, 1.807) is 9.62 Å². The zero-order valence-corrected chi connectivity index (χ0v) is 19.8. The van der Waals surface area contributed by atoms with Gasteiger partial charge in [-0.05, 0) is 53.9 Å². The van der Waals surface area contributed by atoms with Crippen LogP contribution in [0.3, 0.4) is 0 Å². The monoisotopic (exact) mass is 428 g/mol. The van der Waals surface area contributed by atoms with Crippen LogP contribution in [0.2, 0.25) is 0 Å². The second kappa shape index (κ2) is 19.4. The van der Waals surface area contributed by atoms with Crippen molar-refractivity contribution < 1.29 is 4.48 Å². The van der Waals surface area contributed by atoms with Crippen LogP contribution >= 0.6 is 0 Å². The highest BCUT2D eigenvalue weighted by Gasteiger charge is 2.11. The van der Waals surface area contributed by atoms with E-state index >= 15 is 0 Å². The van der Waals surface area contributed by atoms with Crippen LogP contribution in [0.5, 0.6) is 0 Å². The highest BCUT2D eigenvalue weighted by molar-refractivity contribution is 6.24. The summed E-state index contributed by atoms with van der Waals surface area (Å²) in [4.78, 5) is 10.1. The Hall–Kier alpha value is -0.0653. The number of likely N-dealkylation sites (N-methyl/N-ethyl adjacent to an activating group) is 2. The lowest BCUT2D eigenvalue weighted by atomic mass is 10.1. The van der Waals surface area contributed by atoms with Crippen molar-refractivity contribution in [2.75, 3.05) is 113 Å². The van der Waals surface area contributed by atoms with Gasteiger partial charge in [0.15, 0.2) is 31.9 Å². The Balaban J connectivity index is 4.44. The smallest absolute Gasteiger partial charge is 0.231 e. The van der Waals surface area contributed by atoms with Crippen LogP contribution in [0.1, 0.15) is 0 Å². The second-order valence-electron chi connectivity index (χ2n) is 8.02. The summed E-state index contributed by atoms with van der Waals surface area (Å²) < 4.78 is 14.1. The Morgan fingerprint density at radius 1 is 0.581 bits per heavy atom. The van der Waals surface area contributed by atoms with Crippen molar-refractivity contribution in [3.05, 3.63) is 0 Å². The molecular weight excluding hydrogens is 389 g/mol. The number of nitrogens with zero attached hydrogens (tertiary/aromatic N) is 7. The summed E-state index contributed by atoms with van der Waals surface area (Å²) in [5.41, 5.74) is 0. The van der Waals surface area contributed by atoms with E-state index in [2.05, 4.69) is 20.0 Å². The molecule has 31 heavy (non-hydrogen) atoms. The van der Waals surface area contributed by atoms with Crippen LogP contribution in [-0.2, 0) is 0 Å². The van der Waals surface area contributed by atoms with Gasteiger partial charge in [0, 0.05) is 58.9 Å². The maximum absolute atomic E-state index is 12.9. The molecule has 0 amide bonds. The molecule has 0 rings (SSSR count). The van der Waals surface area contributed by atoms with Gasteiger partial charge in [0.1, 0.15) is 0 Å². The first-order chi connectivity index (χ1) is 14.6. The number of hydrogen-bond acceptors (Lipinski definition) is 8. The SMILES string of the molecule is [B]N([B])CCN(CCN([B])CCNC)CCN([B])CCN(CCN(C)C)CCN([B])F. The third-order valence-corrected chi connectivity index (χ3v) is 4.93. The van der Waals surface area contributed by atoms with Crippen molar-refractivity contribution >= 4 is 39.9 Å². The van der Waals surface area contributed by atoms with Gasteiger partial charge in [-0.15, -0.1) is 4.48 Å². The van der Waals surface area contributed by atoms with Crippen LogP contribution in [0.15, 0.2) is 0 Å². The summed E-state index contributed by atoms with van der Waals surface area (Å²) in [6.45, 7) is 9.66. The predicted molar refractivity (Wildman–Crippen MR) is 132 cm³/mol. The average Bonchev–Trinajstić information content (AvgIpc) is 2.70. The lowest BCUT2D eigenvalue weighted by molar-refractivity contribution is 0.116. The number of nitrogens with one attached hydrogen (secondary N) is 1. The van der Waals surface area contributed by atoms with Gasteiger partial charge in [0.05, 0.1) is 0 Å². The van der Waals surface area contributed by atoms with Crippen molar-refractivity contribution in [2.24, 2.45) is 0 Å². The van der Waals surface area contributed by atoms with Crippen molar-refractivity contribution in [3.8, 4) is 0 Å². The molecular formula is C17H38B5FN8. The Morgan fingerprint density at radius 3 is 1.42 bits per heavy atom. The van der Waals surface area contributed by atoms with Crippen LogP contribution < -0.4 is 5.32 Å². The first-order valence-electron chi connectivity index (χ1n) is 10.8. The van der Waals surface area contributed by atoms with Crippen molar-refractivity contribution in [3.63, 3.8) is 0 Å².